The monoisotopic (exact) mass is 544 g/mol. The molecule has 0 spiro atoms. The molecule has 0 aromatic heterocycles. The molecule has 8 rings (SSSR count). The van der Waals surface area contributed by atoms with Gasteiger partial charge in [0.05, 0.1) is 17.1 Å². The van der Waals surface area contributed by atoms with Crippen LogP contribution in [0.4, 0.5) is 0 Å². The molecular formula is C34H24O5S. The maximum absolute atomic E-state index is 11.7. The zero-order valence-electron chi connectivity index (χ0n) is 21.5. The number of carbonyl (C=O) groups is 4. The molecule has 6 heteroatoms. The van der Waals surface area contributed by atoms with Crippen LogP contribution in [0.15, 0.2) is 95.9 Å². The third kappa shape index (κ3) is 4.61. The highest BCUT2D eigenvalue weighted by Crippen LogP contribution is 2.37. The minimum Gasteiger partial charge on any atom is -0.507 e. The van der Waals surface area contributed by atoms with Crippen molar-refractivity contribution in [3.63, 3.8) is 0 Å². The van der Waals surface area contributed by atoms with Crippen molar-refractivity contribution < 1.29 is 24.3 Å². The summed E-state index contributed by atoms with van der Waals surface area (Å²) in [5.74, 6) is 0.953. The first-order valence-corrected chi connectivity index (χ1v) is 14.0. The van der Waals surface area contributed by atoms with Gasteiger partial charge in [-0.25, -0.2) is 0 Å². The van der Waals surface area contributed by atoms with Crippen LogP contribution in [-0.4, -0.2) is 34.0 Å². The number of phenols is 1. The summed E-state index contributed by atoms with van der Waals surface area (Å²) in [4.78, 5) is 46.8. The van der Waals surface area contributed by atoms with E-state index < -0.39 is 0 Å². The van der Waals surface area contributed by atoms with E-state index in [2.05, 4.69) is 24.3 Å². The minimum absolute atomic E-state index is 0.0100. The zero-order valence-corrected chi connectivity index (χ0v) is 22.3. The smallest absolute Gasteiger partial charge is 0.174 e. The number of thioether (sulfide) groups is 1. The normalized spacial score (nSPS) is 14.8. The van der Waals surface area contributed by atoms with Gasteiger partial charge < -0.3 is 5.11 Å². The van der Waals surface area contributed by atoms with Crippen LogP contribution in [-0.2, 0) is 6.42 Å². The number of fused-ring (bicyclic) bond motifs is 1. The summed E-state index contributed by atoms with van der Waals surface area (Å²) in [5.41, 5.74) is 4.25. The molecule has 0 saturated heterocycles. The third-order valence-corrected chi connectivity index (χ3v) is 8.51. The van der Waals surface area contributed by atoms with E-state index in [1.54, 1.807) is 30.3 Å². The summed E-state index contributed by atoms with van der Waals surface area (Å²) < 4.78 is 0. The number of aromatic hydroxyl groups is 1. The number of hydrogen-bond acceptors (Lipinski definition) is 6. The van der Waals surface area contributed by atoms with E-state index in [1.807, 2.05) is 36.4 Å². The van der Waals surface area contributed by atoms with Crippen molar-refractivity contribution in [3.8, 4) is 5.75 Å². The first-order valence-electron chi connectivity index (χ1n) is 13.0. The Hall–Kier alpha value is -4.55. The van der Waals surface area contributed by atoms with E-state index in [0.717, 1.165) is 27.7 Å². The zero-order chi connectivity index (χ0) is 27.8. The summed E-state index contributed by atoms with van der Waals surface area (Å²) in [6.07, 6.45) is 1.57. The van der Waals surface area contributed by atoms with Gasteiger partial charge in [-0.05, 0) is 40.3 Å². The molecule has 1 N–H and O–H groups in total. The van der Waals surface area contributed by atoms with Crippen molar-refractivity contribution in [2.24, 2.45) is 0 Å². The van der Waals surface area contributed by atoms with Crippen LogP contribution in [0.2, 0.25) is 0 Å². The Labute approximate surface area is 234 Å². The first kappa shape index (κ1) is 25.7. The summed E-state index contributed by atoms with van der Waals surface area (Å²) in [7, 11) is 0. The van der Waals surface area contributed by atoms with Crippen LogP contribution in [0.3, 0.4) is 0 Å². The number of carbonyl (C=O) groups excluding carboxylic acids is 4. The number of rotatable bonds is 0. The number of aryl methyl sites for hydroxylation is 1. The van der Waals surface area contributed by atoms with Gasteiger partial charge in [0.25, 0.3) is 0 Å². The van der Waals surface area contributed by atoms with Crippen LogP contribution in [0.1, 0.15) is 59.8 Å². The Bertz CT molecular complexity index is 1820. The highest BCUT2D eigenvalue weighted by molar-refractivity contribution is 8.00. The van der Waals surface area contributed by atoms with E-state index in [4.69, 9.17) is 0 Å². The highest BCUT2D eigenvalue weighted by atomic mass is 32.2. The van der Waals surface area contributed by atoms with Crippen LogP contribution in [0.25, 0.3) is 21.5 Å². The number of hydrogen-bond donors (Lipinski definition) is 1. The van der Waals surface area contributed by atoms with Crippen molar-refractivity contribution in [2.45, 2.75) is 24.2 Å². The molecule has 0 atom stereocenters. The first-order chi connectivity index (χ1) is 19.4. The standard InChI is InChI=1S/C13H8O2.C13H10O.C8H6O2S/c14-11-7-12(15)10-6-2-4-8-3-1-5-9(11)13(8)10;14-12-8-7-10-4-1-3-9-5-2-6-11(12)13(9)10;9-6-3-1-2-5-7(10)4-11-8(5)6/h1-6H,7H2;1-6H,7-8H2;1-3,9H,4H2. The molecular weight excluding hydrogens is 520 g/mol. The van der Waals surface area contributed by atoms with Gasteiger partial charge >= 0.3 is 0 Å². The summed E-state index contributed by atoms with van der Waals surface area (Å²) >= 11 is 1.40. The molecule has 5 nitrogen and oxygen atoms in total. The van der Waals surface area contributed by atoms with Crippen molar-refractivity contribution in [1.82, 2.24) is 0 Å². The molecule has 0 amide bonds. The molecule has 40 heavy (non-hydrogen) atoms. The molecule has 1 heterocycles. The Balaban J connectivity index is 0.000000110. The Morgan fingerprint density at radius 1 is 0.525 bits per heavy atom. The lowest BCUT2D eigenvalue weighted by molar-refractivity contribution is 0.0888. The van der Waals surface area contributed by atoms with Gasteiger partial charge in [-0.1, -0.05) is 78.9 Å². The van der Waals surface area contributed by atoms with Crippen molar-refractivity contribution in [1.29, 1.82) is 0 Å². The average molecular weight is 545 g/mol. The predicted molar refractivity (Wildman–Crippen MR) is 157 cm³/mol. The Morgan fingerprint density at radius 2 is 1.05 bits per heavy atom. The molecule has 2 aliphatic carbocycles. The molecule has 0 radical (unpaired) electrons. The molecule has 0 bridgehead atoms. The van der Waals surface area contributed by atoms with Gasteiger partial charge in [-0.3, -0.25) is 19.2 Å². The number of Topliss-reactive ketones (excluding diaryl/α,β-unsaturated/α-hetero) is 4. The second-order valence-electron chi connectivity index (χ2n) is 9.84. The van der Waals surface area contributed by atoms with Crippen LogP contribution in [0, 0.1) is 0 Å². The maximum atomic E-state index is 11.7. The Morgan fingerprint density at radius 3 is 1.68 bits per heavy atom. The molecule has 1 aliphatic heterocycles. The van der Waals surface area contributed by atoms with E-state index in [9.17, 15) is 24.3 Å². The maximum Gasteiger partial charge on any atom is 0.174 e. The summed E-state index contributed by atoms with van der Waals surface area (Å²) in [5, 5.41) is 13.4. The lowest BCUT2D eigenvalue weighted by atomic mass is 9.87. The number of phenolic OH excluding ortho intramolecular Hbond substituents is 1. The molecule has 196 valence electrons. The molecule has 0 unspecified atom stereocenters. The summed E-state index contributed by atoms with van der Waals surface area (Å²) in [6.45, 7) is 0. The lowest BCUT2D eigenvalue weighted by Crippen LogP contribution is -2.15. The second kappa shape index (κ2) is 10.5. The van der Waals surface area contributed by atoms with Crippen LogP contribution < -0.4 is 0 Å². The third-order valence-electron chi connectivity index (χ3n) is 7.38. The SMILES string of the molecule is O=C1CC(=O)c2cccc3cccc1c23.O=C1CCc2cccc3cccc1c23.O=C1CSc2c(O)cccc21. The van der Waals surface area contributed by atoms with Gasteiger partial charge in [-0.15, -0.1) is 11.8 Å². The van der Waals surface area contributed by atoms with Crippen molar-refractivity contribution in [2.75, 3.05) is 5.75 Å². The van der Waals surface area contributed by atoms with E-state index in [0.29, 0.717) is 28.9 Å². The van der Waals surface area contributed by atoms with E-state index >= 15 is 0 Å². The fourth-order valence-electron chi connectivity index (χ4n) is 5.50. The molecule has 0 fully saturated rings. The quantitative estimate of drug-likeness (QED) is 0.207. The second-order valence-corrected chi connectivity index (χ2v) is 10.8. The van der Waals surface area contributed by atoms with Gasteiger partial charge in [0.2, 0.25) is 0 Å². The largest absolute Gasteiger partial charge is 0.507 e. The minimum atomic E-state index is -0.0655. The predicted octanol–water partition coefficient (Wildman–Crippen LogP) is 7.26. The van der Waals surface area contributed by atoms with Gasteiger partial charge in [0, 0.05) is 34.1 Å². The van der Waals surface area contributed by atoms with Gasteiger partial charge in [0.1, 0.15) is 5.75 Å². The van der Waals surface area contributed by atoms with Gasteiger partial charge in [0.15, 0.2) is 23.1 Å². The molecule has 0 saturated carbocycles. The molecule has 3 aliphatic rings. The fourth-order valence-corrected chi connectivity index (χ4v) is 6.48. The topological polar surface area (TPSA) is 88.5 Å². The van der Waals surface area contributed by atoms with Gasteiger partial charge in [-0.2, -0.15) is 0 Å². The average Bonchev–Trinajstić information content (AvgIpc) is 3.36. The highest BCUT2D eigenvalue weighted by Gasteiger charge is 2.25. The fraction of sp³-hybridized carbons (Fsp3) is 0.118. The molecule has 5 aromatic carbocycles. The molecule has 5 aromatic rings. The number of benzene rings is 5. The summed E-state index contributed by atoms with van der Waals surface area (Å²) in [6, 6.07) is 28.4. The number of ketones is 4. The van der Waals surface area contributed by atoms with Crippen molar-refractivity contribution >= 4 is 56.4 Å². The van der Waals surface area contributed by atoms with E-state index in [-0.39, 0.29) is 35.3 Å². The van der Waals surface area contributed by atoms with E-state index in [1.165, 1.54) is 28.1 Å². The lowest BCUT2D eigenvalue weighted by Gasteiger charge is -2.15. The Kier molecular flexibility index (Phi) is 6.78. The van der Waals surface area contributed by atoms with Crippen LogP contribution >= 0.6 is 11.8 Å². The van der Waals surface area contributed by atoms with Crippen LogP contribution in [0.5, 0.6) is 5.75 Å². The van der Waals surface area contributed by atoms with Crippen molar-refractivity contribution in [3.05, 3.63) is 119 Å².